The van der Waals surface area contributed by atoms with Gasteiger partial charge in [0.15, 0.2) is 18.0 Å². The van der Waals surface area contributed by atoms with Crippen LogP contribution in [0.5, 0.6) is 0 Å². The minimum atomic E-state index is -1.66. The van der Waals surface area contributed by atoms with Gasteiger partial charge in [0.1, 0.15) is 5.78 Å². The summed E-state index contributed by atoms with van der Waals surface area (Å²) in [5, 5.41) is 0. The first-order chi connectivity index (χ1) is 18.0. The van der Waals surface area contributed by atoms with E-state index in [1.807, 2.05) is 13.8 Å². The maximum Gasteiger partial charge on any atom is 0.509 e. The average molecular weight is 533 g/mol. The first-order valence-electron chi connectivity index (χ1n) is 14.0. The van der Waals surface area contributed by atoms with Crippen molar-refractivity contribution in [3.8, 4) is 0 Å². The quantitative estimate of drug-likeness (QED) is 0.309. The van der Waals surface area contributed by atoms with Crippen molar-refractivity contribution in [1.29, 1.82) is 0 Å². The lowest BCUT2D eigenvalue weighted by Gasteiger charge is -2.57. The van der Waals surface area contributed by atoms with Crippen LogP contribution in [0.3, 0.4) is 0 Å². The zero-order valence-corrected chi connectivity index (χ0v) is 23.0. The number of rotatable bonds is 8. The van der Waals surface area contributed by atoms with Gasteiger partial charge < -0.3 is 18.9 Å². The van der Waals surface area contributed by atoms with E-state index in [4.69, 9.17) is 18.9 Å². The molecule has 0 radical (unpaired) electrons. The zero-order chi connectivity index (χ0) is 27.7. The smallest absolute Gasteiger partial charge is 0.435 e. The molecule has 0 aromatic heterocycles. The molecule has 9 heteroatoms. The van der Waals surface area contributed by atoms with E-state index >= 15 is 0 Å². The van der Waals surface area contributed by atoms with E-state index in [1.54, 1.807) is 13.0 Å². The van der Waals surface area contributed by atoms with Gasteiger partial charge >= 0.3 is 12.3 Å². The lowest BCUT2D eigenvalue weighted by atomic mass is 9.46. The molecule has 6 atom stereocenters. The molecule has 0 bridgehead atoms. The van der Waals surface area contributed by atoms with Crippen molar-refractivity contribution in [2.45, 2.75) is 91.1 Å². The van der Waals surface area contributed by atoms with Crippen LogP contribution in [0.1, 0.15) is 85.5 Å². The molecule has 4 aliphatic rings. The van der Waals surface area contributed by atoms with Crippen LogP contribution in [-0.2, 0) is 33.3 Å². The number of carbonyl (C=O) groups excluding carboxylic acids is 5. The van der Waals surface area contributed by atoms with E-state index in [1.165, 1.54) is 0 Å². The molecule has 3 saturated carbocycles. The third-order valence-electron chi connectivity index (χ3n) is 9.78. The van der Waals surface area contributed by atoms with Crippen molar-refractivity contribution in [3.63, 3.8) is 0 Å². The number of ketones is 3. The van der Waals surface area contributed by atoms with Crippen LogP contribution in [0.15, 0.2) is 11.6 Å². The maximum atomic E-state index is 14.0. The predicted octanol–water partition coefficient (Wildman–Crippen LogP) is 5.13. The maximum absolute atomic E-state index is 14.0. The summed E-state index contributed by atoms with van der Waals surface area (Å²) in [6, 6.07) is 0. The highest BCUT2D eigenvalue weighted by molar-refractivity contribution is 5.95. The number of carbonyl (C=O) groups is 5. The topological polar surface area (TPSA) is 122 Å². The van der Waals surface area contributed by atoms with Gasteiger partial charge in [-0.3, -0.25) is 14.4 Å². The van der Waals surface area contributed by atoms with Crippen molar-refractivity contribution in [2.24, 2.45) is 28.6 Å². The molecule has 0 amide bonds. The number of fused-ring (bicyclic) bond motifs is 5. The van der Waals surface area contributed by atoms with Crippen molar-refractivity contribution >= 4 is 29.7 Å². The first-order valence-corrected chi connectivity index (χ1v) is 14.0. The van der Waals surface area contributed by atoms with Gasteiger partial charge in [-0.15, -0.1) is 0 Å². The molecule has 0 aromatic carbocycles. The summed E-state index contributed by atoms with van der Waals surface area (Å²) >= 11 is 0. The second-order valence-electron chi connectivity index (χ2n) is 11.7. The molecule has 3 fully saturated rings. The first kappa shape index (κ1) is 28.3. The minimum Gasteiger partial charge on any atom is -0.435 e. The Morgan fingerprint density at radius 1 is 0.974 bits per heavy atom. The summed E-state index contributed by atoms with van der Waals surface area (Å²) in [7, 11) is 0. The lowest BCUT2D eigenvalue weighted by Crippen LogP contribution is -2.62. The molecule has 210 valence electrons. The predicted molar refractivity (Wildman–Crippen MR) is 135 cm³/mol. The Labute approximate surface area is 224 Å². The third kappa shape index (κ3) is 4.66. The molecule has 0 saturated heterocycles. The van der Waals surface area contributed by atoms with E-state index in [9.17, 15) is 24.0 Å². The number of unbranched alkanes of at least 4 members (excludes halogenated alkanes) is 1. The summed E-state index contributed by atoms with van der Waals surface area (Å²) in [6.07, 6.45) is 4.72. The summed E-state index contributed by atoms with van der Waals surface area (Å²) in [6.45, 7) is 7.19. The van der Waals surface area contributed by atoms with E-state index in [0.717, 1.165) is 24.8 Å². The Morgan fingerprint density at radius 3 is 2.45 bits per heavy atom. The highest BCUT2D eigenvalue weighted by Crippen LogP contribution is 2.67. The highest BCUT2D eigenvalue weighted by atomic mass is 16.7. The second-order valence-corrected chi connectivity index (χ2v) is 11.7. The Bertz CT molecular complexity index is 1030. The molecule has 0 aromatic rings. The van der Waals surface area contributed by atoms with Gasteiger partial charge in [-0.25, -0.2) is 9.59 Å². The van der Waals surface area contributed by atoms with Crippen molar-refractivity contribution in [2.75, 3.05) is 19.8 Å². The molecule has 4 aliphatic carbocycles. The summed E-state index contributed by atoms with van der Waals surface area (Å²) in [5.74, 6) is -0.728. The fourth-order valence-corrected chi connectivity index (χ4v) is 7.93. The van der Waals surface area contributed by atoms with Crippen molar-refractivity contribution in [1.82, 2.24) is 0 Å². The fourth-order valence-electron chi connectivity index (χ4n) is 7.93. The summed E-state index contributed by atoms with van der Waals surface area (Å²) < 4.78 is 21.0. The van der Waals surface area contributed by atoms with Crippen molar-refractivity contribution in [3.05, 3.63) is 11.6 Å². The fraction of sp³-hybridized carbons (Fsp3) is 0.759. The minimum absolute atomic E-state index is 0.00278. The number of allylic oxidation sites excluding steroid dienone is 1. The Kier molecular flexibility index (Phi) is 8.05. The van der Waals surface area contributed by atoms with Crippen LogP contribution < -0.4 is 0 Å². The van der Waals surface area contributed by atoms with Gasteiger partial charge in [0, 0.05) is 24.2 Å². The van der Waals surface area contributed by atoms with Crippen molar-refractivity contribution < 1.29 is 42.9 Å². The molecule has 0 heterocycles. The molecule has 0 N–H and O–H groups in total. The third-order valence-corrected chi connectivity index (χ3v) is 9.78. The van der Waals surface area contributed by atoms with E-state index in [2.05, 4.69) is 6.92 Å². The van der Waals surface area contributed by atoms with Gasteiger partial charge in [-0.1, -0.05) is 32.8 Å². The van der Waals surface area contributed by atoms with Crippen LogP contribution >= 0.6 is 0 Å². The Morgan fingerprint density at radius 2 is 1.74 bits per heavy atom. The van der Waals surface area contributed by atoms with Crippen LogP contribution in [-0.4, -0.2) is 55.1 Å². The summed E-state index contributed by atoms with van der Waals surface area (Å²) in [4.78, 5) is 64.5. The van der Waals surface area contributed by atoms with Crippen LogP contribution in [0.4, 0.5) is 9.59 Å². The van der Waals surface area contributed by atoms with Gasteiger partial charge in [0.25, 0.3) is 0 Å². The van der Waals surface area contributed by atoms with E-state index in [0.29, 0.717) is 25.7 Å². The van der Waals surface area contributed by atoms with Crippen LogP contribution in [0.25, 0.3) is 0 Å². The van der Waals surface area contributed by atoms with Gasteiger partial charge in [-0.05, 0) is 68.8 Å². The van der Waals surface area contributed by atoms with E-state index in [-0.39, 0.29) is 60.8 Å². The van der Waals surface area contributed by atoms with Gasteiger partial charge in [-0.2, -0.15) is 0 Å². The SMILES string of the molecule is CCCCOC(=O)OCC(=O)[C@@]1(OC(=O)OCC)CC[C@H]2[C@@H]3CCC4=CC(=O)CC[C@]4(C)[C@H]3C(=O)C[C@@]21C. The second kappa shape index (κ2) is 10.8. The van der Waals surface area contributed by atoms with Crippen LogP contribution in [0, 0.1) is 28.6 Å². The number of ether oxygens (including phenoxy) is 4. The highest BCUT2D eigenvalue weighted by Gasteiger charge is 2.71. The molecular weight excluding hydrogens is 492 g/mol. The summed E-state index contributed by atoms with van der Waals surface area (Å²) in [5.41, 5.74) is -1.96. The molecule has 0 aliphatic heterocycles. The van der Waals surface area contributed by atoms with Gasteiger partial charge in [0.2, 0.25) is 5.78 Å². The molecular formula is C29H40O9. The van der Waals surface area contributed by atoms with Gasteiger partial charge in [0.05, 0.1) is 13.2 Å². The van der Waals surface area contributed by atoms with Crippen LogP contribution in [0.2, 0.25) is 0 Å². The molecule has 0 spiro atoms. The lowest BCUT2D eigenvalue weighted by molar-refractivity contribution is -0.175. The molecule has 4 rings (SSSR count). The molecule has 38 heavy (non-hydrogen) atoms. The monoisotopic (exact) mass is 532 g/mol. The number of hydrogen-bond acceptors (Lipinski definition) is 9. The molecule has 9 nitrogen and oxygen atoms in total. The largest absolute Gasteiger partial charge is 0.509 e. The molecule has 0 unspecified atom stereocenters. The number of hydrogen-bond donors (Lipinski definition) is 0. The standard InChI is InChI=1S/C29H40O9/c1-5-7-14-36-25(33)37-17-23(32)29(38-26(34)35-6-2)13-11-21-20-9-8-18-15-19(30)10-12-27(18,3)24(20)22(31)16-28(21,29)4/h15,20-21,24H,5-14,16-17H2,1-4H3/t20-,21-,24+,27-,28-,29-/m0/s1. The Hall–Kier alpha value is -2.71. The Balaban J connectivity index is 1.63. The average Bonchev–Trinajstić information content (AvgIpc) is 3.15. The normalized spacial score (nSPS) is 35.8. The number of Topliss-reactive ketones (excluding diaryl/α,β-unsaturated/α-hetero) is 2. The zero-order valence-electron chi connectivity index (χ0n) is 23.0. The van der Waals surface area contributed by atoms with E-state index < -0.39 is 35.7 Å².